The van der Waals surface area contributed by atoms with E-state index in [4.69, 9.17) is 18.9 Å². The van der Waals surface area contributed by atoms with Gasteiger partial charge in [-0.1, -0.05) is 19.4 Å². The Labute approximate surface area is 183 Å². The van der Waals surface area contributed by atoms with Crippen molar-refractivity contribution >= 4 is 11.8 Å². The summed E-state index contributed by atoms with van der Waals surface area (Å²) in [5.41, 5.74) is 3.25. The Hall–Kier alpha value is -2.96. The van der Waals surface area contributed by atoms with Gasteiger partial charge in [0.25, 0.3) is 0 Å². The zero-order valence-electron chi connectivity index (χ0n) is 18.9. The van der Waals surface area contributed by atoms with E-state index in [2.05, 4.69) is 5.32 Å². The summed E-state index contributed by atoms with van der Waals surface area (Å²) in [4.78, 5) is 26.2. The number of hydrogen-bond acceptors (Lipinski definition) is 7. The third kappa shape index (κ3) is 4.27. The average Bonchev–Trinajstić information content (AvgIpc) is 2.77. The molecule has 0 saturated carbocycles. The first-order valence-corrected chi connectivity index (χ1v) is 10.7. The average molecular weight is 430 g/mol. The molecule has 1 heterocycles. The molecule has 0 saturated heterocycles. The van der Waals surface area contributed by atoms with Crippen molar-refractivity contribution < 1.29 is 28.5 Å². The van der Waals surface area contributed by atoms with Crippen molar-refractivity contribution in [1.29, 1.82) is 0 Å². The molecule has 0 unspecified atom stereocenters. The maximum absolute atomic E-state index is 13.2. The summed E-state index contributed by atoms with van der Waals surface area (Å²) >= 11 is 0. The zero-order chi connectivity index (χ0) is 22.5. The SMILES string of the molecule is CCCCOC(=O)C1=C(C)NC2=C(C(=O)CCC2)[C@@H]1c1ccc(OC)c(OC)c1OC. The quantitative estimate of drug-likeness (QED) is 0.493. The Bertz CT molecular complexity index is 930. The van der Waals surface area contributed by atoms with Crippen LogP contribution in [-0.2, 0) is 14.3 Å². The fourth-order valence-corrected chi connectivity index (χ4v) is 4.30. The van der Waals surface area contributed by atoms with Crippen LogP contribution >= 0.6 is 0 Å². The largest absolute Gasteiger partial charge is 0.493 e. The van der Waals surface area contributed by atoms with Crippen LogP contribution in [0.25, 0.3) is 0 Å². The van der Waals surface area contributed by atoms with Crippen molar-refractivity contribution in [2.24, 2.45) is 0 Å². The number of unbranched alkanes of at least 4 members (excludes halogenated alkanes) is 1. The predicted octanol–water partition coefficient (Wildman–Crippen LogP) is 4.02. The van der Waals surface area contributed by atoms with Crippen molar-refractivity contribution in [2.75, 3.05) is 27.9 Å². The maximum Gasteiger partial charge on any atom is 0.336 e. The Kier molecular flexibility index (Phi) is 7.25. The molecule has 0 bridgehead atoms. The molecule has 0 fully saturated rings. The summed E-state index contributed by atoms with van der Waals surface area (Å²) in [7, 11) is 4.62. The van der Waals surface area contributed by atoms with Crippen molar-refractivity contribution in [1.82, 2.24) is 5.32 Å². The molecule has 1 aliphatic carbocycles. The molecule has 168 valence electrons. The van der Waals surface area contributed by atoms with Crippen LogP contribution < -0.4 is 19.5 Å². The number of carbonyl (C=O) groups excluding carboxylic acids is 2. The molecule has 7 heteroatoms. The second-order valence-corrected chi connectivity index (χ2v) is 7.68. The van der Waals surface area contributed by atoms with E-state index in [-0.39, 0.29) is 5.78 Å². The molecule has 0 aromatic heterocycles. The van der Waals surface area contributed by atoms with Crippen LogP contribution in [0.3, 0.4) is 0 Å². The van der Waals surface area contributed by atoms with Gasteiger partial charge in [-0.25, -0.2) is 4.79 Å². The Balaban J connectivity index is 2.20. The van der Waals surface area contributed by atoms with Crippen LogP contribution in [0.1, 0.15) is 57.4 Å². The number of esters is 1. The van der Waals surface area contributed by atoms with Gasteiger partial charge in [-0.2, -0.15) is 0 Å². The number of ketones is 1. The van der Waals surface area contributed by atoms with Crippen LogP contribution in [0.15, 0.2) is 34.7 Å². The zero-order valence-corrected chi connectivity index (χ0v) is 18.9. The number of Topliss-reactive ketones (excluding diaryl/α,β-unsaturated/α-hetero) is 1. The topological polar surface area (TPSA) is 83.1 Å². The van der Waals surface area contributed by atoms with Crippen LogP contribution in [0.5, 0.6) is 17.2 Å². The van der Waals surface area contributed by atoms with Gasteiger partial charge in [-0.15, -0.1) is 0 Å². The molecule has 7 nitrogen and oxygen atoms in total. The number of allylic oxidation sites excluding steroid dienone is 3. The van der Waals surface area contributed by atoms with Gasteiger partial charge in [-0.05, 0) is 32.3 Å². The number of dihydropyridines is 1. The van der Waals surface area contributed by atoms with E-state index in [1.165, 1.54) is 14.2 Å². The standard InChI is InChI=1S/C24H31NO6/c1-6-7-13-31-24(27)19-14(2)25-16-9-8-10-17(26)21(16)20(19)15-11-12-18(28-3)23(30-5)22(15)29-4/h11-12,20,25H,6-10,13H2,1-5H3/t20-/m1/s1. The number of rotatable bonds is 8. The normalized spacial score (nSPS) is 18.4. The molecule has 1 N–H and O–H groups in total. The van der Waals surface area contributed by atoms with Crippen LogP contribution in [0.2, 0.25) is 0 Å². The first-order chi connectivity index (χ1) is 15.0. The van der Waals surface area contributed by atoms with E-state index < -0.39 is 11.9 Å². The minimum absolute atomic E-state index is 0.0296. The summed E-state index contributed by atoms with van der Waals surface area (Å²) in [6.45, 7) is 4.22. The van der Waals surface area contributed by atoms with E-state index in [1.54, 1.807) is 13.2 Å². The van der Waals surface area contributed by atoms with Gasteiger partial charge < -0.3 is 24.3 Å². The minimum Gasteiger partial charge on any atom is -0.493 e. The summed E-state index contributed by atoms with van der Waals surface area (Å²) in [5, 5.41) is 3.30. The number of hydrogen-bond donors (Lipinski definition) is 1. The first-order valence-electron chi connectivity index (χ1n) is 10.7. The molecule has 0 spiro atoms. The molecule has 1 aromatic carbocycles. The van der Waals surface area contributed by atoms with E-state index in [0.717, 1.165) is 31.4 Å². The van der Waals surface area contributed by atoms with Crippen LogP contribution in [-0.4, -0.2) is 39.7 Å². The van der Waals surface area contributed by atoms with E-state index >= 15 is 0 Å². The highest BCUT2D eigenvalue weighted by Gasteiger charge is 2.41. The minimum atomic E-state index is -0.604. The van der Waals surface area contributed by atoms with Gasteiger partial charge in [0.05, 0.1) is 39.4 Å². The Morgan fingerprint density at radius 2 is 1.84 bits per heavy atom. The molecule has 1 aromatic rings. The highest BCUT2D eigenvalue weighted by molar-refractivity contribution is 6.04. The summed E-state index contributed by atoms with van der Waals surface area (Å²) in [6, 6.07) is 3.59. The van der Waals surface area contributed by atoms with Gasteiger partial charge in [0, 0.05) is 29.0 Å². The Morgan fingerprint density at radius 1 is 1.10 bits per heavy atom. The smallest absolute Gasteiger partial charge is 0.336 e. The van der Waals surface area contributed by atoms with Crippen molar-refractivity contribution in [3.8, 4) is 17.2 Å². The van der Waals surface area contributed by atoms with Crippen molar-refractivity contribution in [2.45, 2.75) is 51.9 Å². The van der Waals surface area contributed by atoms with Gasteiger partial charge >= 0.3 is 5.97 Å². The van der Waals surface area contributed by atoms with Crippen molar-refractivity contribution in [3.05, 3.63) is 40.2 Å². The van der Waals surface area contributed by atoms with Crippen molar-refractivity contribution in [3.63, 3.8) is 0 Å². The number of ether oxygens (including phenoxy) is 4. The molecule has 2 aliphatic rings. The lowest BCUT2D eigenvalue weighted by Crippen LogP contribution is -2.34. The summed E-state index contributed by atoms with van der Waals surface area (Å²) in [5.74, 6) is 0.363. The molecule has 1 atom stereocenters. The molecule has 1 aliphatic heterocycles. The molecular weight excluding hydrogens is 398 g/mol. The summed E-state index contributed by atoms with van der Waals surface area (Å²) in [6.07, 6.45) is 3.68. The molecule has 0 amide bonds. The number of nitrogens with one attached hydrogen (secondary N) is 1. The lowest BCUT2D eigenvalue weighted by atomic mass is 9.75. The lowest BCUT2D eigenvalue weighted by molar-refractivity contribution is -0.139. The third-order valence-corrected chi connectivity index (χ3v) is 5.77. The Morgan fingerprint density at radius 3 is 2.48 bits per heavy atom. The van der Waals surface area contributed by atoms with E-state index in [1.807, 2.05) is 19.9 Å². The monoisotopic (exact) mass is 429 g/mol. The second-order valence-electron chi connectivity index (χ2n) is 7.68. The van der Waals surface area contributed by atoms with Gasteiger partial charge in [0.1, 0.15) is 0 Å². The number of benzene rings is 1. The van der Waals surface area contributed by atoms with Gasteiger partial charge in [0.15, 0.2) is 17.3 Å². The third-order valence-electron chi connectivity index (χ3n) is 5.77. The van der Waals surface area contributed by atoms with Gasteiger partial charge in [0.2, 0.25) is 5.75 Å². The molecule has 31 heavy (non-hydrogen) atoms. The highest BCUT2D eigenvalue weighted by atomic mass is 16.5. The predicted molar refractivity (Wildman–Crippen MR) is 116 cm³/mol. The fraction of sp³-hybridized carbons (Fsp3) is 0.500. The van der Waals surface area contributed by atoms with Gasteiger partial charge in [-0.3, -0.25) is 4.79 Å². The fourth-order valence-electron chi connectivity index (χ4n) is 4.30. The molecular formula is C24H31NO6. The number of methoxy groups -OCH3 is 3. The molecule has 0 radical (unpaired) electrons. The first kappa shape index (κ1) is 22.7. The second kappa shape index (κ2) is 9.90. The van der Waals surface area contributed by atoms with Crippen LogP contribution in [0, 0.1) is 0 Å². The van der Waals surface area contributed by atoms with E-state index in [9.17, 15) is 9.59 Å². The lowest BCUT2D eigenvalue weighted by Gasteiger charge is -2.35. The molecule has 3 rings (SSSR count). The number of carbonyl (C=O) groups is 2. The van der Waals surface area contributed by atoms with E-state index in [0.29, 0.717) is 52.7 Å². The maximum atomic E-state index is 13.2. The summed E-state index contributed by atoms with van der Waals surface area (Å²) < 4.78 is 22.2. The highest BCUT2D eigenvalue weighted by Crippen LogP contribution is 2.50. The van der Waals surface area contributed by atoms with Crippen LogP contribution in [0.4, 0.5) is 0 Å².